The molecule has 0 spiro atoms. The Labute approximate surface area is 121 Å². The van der Waals surface area contributed by atoms with Gasteiger partial charge in [-0.25, -0.2) is 4.52 Å². The van der Waals surface area contributed by atoms with Gasteiger partial charge in [0, 0.05) is 32.9 Å². The molecule has 1 aliphatic rings. The van der Waals surface area contributed by atoms with Crippen LogP contribution in [0.4, 0.5) is 0 Å². The molecular formula is C14H17N5O2. The Balaban J connectivity index is 1.94. The minimum atomic E-state index is -0.491. The topological polar surface area (TPSA) is 78.7 Å². The molecule has 2 N–H and O–H groups in total. The van der Waals surface area contributed by atoms with Crippen molar-refractivity contribution in [1.29, 1.82) is 0 Å². The lowest BCUT2D eigenvalue weighted by molar-refractivity contribution is -0.125. The van der Waals surface area contributed by atoms with Gasteiger partial charge in [-0.3, -0.25) is 9.59 Å². The first-order valence-corrected chi connectivity index (χ1v) is 6.88. The Hall–Kier alpha value is -2.41. The number of carbonyl (C=O) groups is 2. The van der Waals surface area contributed by atoms with Crippen LogP contribution >= 0.6 is 0 Å². The molecule has 7 nitrogen and oxygen atoms in total. The first-order valence-electron chi connectivity index (χ1n) is 6.88. The second-order valence-electron chi connectivity index (χ2n) is 4.92. The first kappa shape index (κ1) is 13.6. The monoisotopic (exact) mass is 287 g/mol. The standard InChI is InChI=1S/C14H17N5O2/c1-15-13(20)12-9-16-5-7-18(12)14(21)10-8-17-19-6-3-2-4-11(10)19/h2-4,6,8,12,16H,5,7,9H2,1H3,(H,15,20). The molecule has 1 saturated heterocycles. The van der Waals surface area contributed by atoms with Gasteiger partial charge >= 0.3 is 0 Å². The molecule has 7 heteroatoms. The molecule has 1 fully saturated rings. The van der Waals surface area contributed by atoms with Crippen LogP contribution in [0.2, 0.25) is 0 Å². The molecule has 0 aromatic carbocycles. The van der Waals surface area contributed by atoms with E-state index in [0.29, 0.717) is 25.2 Å². The maximum Gasteiger partial charge on any atom is 0.258 e. The van der Waals surface area contributed by atoms with E-state index in [1.54, 1.807) is 28.9 Å². The second-order valence-corrected chi connectivity index (χ2v) is 4.92. The van der Waals surface area contributed by atoms with E-state index in [0.717, 1.165) is 5.52 Å². The van der Waals surface area contributed by atoms with Gasteiger partial charge in [0.1, 0.15) is 6.04 Å². The van der Waals surface area contributed by atoms with Gasteiger partial charge < -0.3 is 15.5 Å². The molecule has 3 heterocycles. The molecule has 1 atom stereocenters. The van der Waals surface area contributed by atoms with Crippen LogP contribution in [-0.4, -0.2) is 59.1 Å². The van der Waals surface area contributed by atoms with Crippen LogP contribution in [0.15, 0.2) is 30.6 Å². The number of aromatic nitrogens is 2. The lowest BCUT2D eigenvalue weighted by atomic mass is 10.1. The summed E-state index contributed by atoms with van der Waals surface area (Å²) >= 11 is 0. The van der Waals surface area contributed by atoms with Crippen LogP contribution in [0.25, 0.3) is 5.52 Å². The summed E-state index contributed by atoms with van der Waals surface area (Å²) in [5.41, 5.74) is 1.27. The van der Waals surface area contributed by atoms with Crippen molar-refractivity contribution in [3.63, 3.8) is 0 Å². The van der Waals surface area contributed by atoms with Gasteiger partial charge in [-0.05, 0) is 12.1 Å². The number of rotatable bonds is 2. The molecular weight excluding hydrogens is 270 g/mol. The Morgan fingerprint density at radius 3 is 3.10 bits per heavy atom. The van der Waals surface area contributed by atoms with Gasteiger partial charge in [0.2, 0.25) is 5.91 Å². The van der Waals surface area contributed by atoms with Gasteiger partial charge in [-0.1, -0.05) is 6.07 Å². The number of pyridine rings is 1. The van der Waals surface area contributed by atoms with Gasteiger partial charge in [-0.15, -0.1) is 0 Å². The van der Waals surface area contributed by atoms with Crippen LogP contribution in [0, 0.1) is 0 Å². The van der Waals surface area contributed by atoms with Crippen LogP contribution in [-0.2, 0) is 4.79 Å². The fraction of sp³-hybridized carbons (Fsp3) is 0.357. The molecule has 110 valence electrons. The minimum absolute atomic E-state index is 0.160. The highest BCUT2D eigenvalue weighted by Crippen LogP contribution is 2.15. The number of fused-ring (bicyclic) bond motifs is 1. The third-order valence-corrected chi connectivity index (χ3v) is 3.71. The van der Waals surface area contributed by atoms with E-state index in [-0.39, 0.29) is 11.8 Å². The number of piperazine rings is 1. The number of hydrogen-bond donors (Lipinski definition) is 2. The molecule has 0 saturated carbocycles. The highest BCUT2D eigenvalue weighted by molar-refractivity contribution is 6.02. The van der Waals surface area contributed by atoms with Crippen molar-refractivity contribution in [2.75, 3.05) is 26.7 Å². The van der Waals surface area contributed by atoms with E-state index in [4.69, 9.17) is 0 Å². The average molecular weight is 287 g/mol. The number of amides is 2. The maximum absolute atomic E-state index is 12.8. The summed E-state index contributed by atoms with van der Waals surface area (Å²) in [7, 11) is 1.58. The quantitative estimate of drug-likeness (QED) is 0.780. The number of nitrogens with one attached hydrogen (secondary N) is 2. The molecule has 3 rings (SSSR count). The average Bonchev–Trinajstić information content (AvgIpc) is 2.97. The molecule has 1 unspecified atom stereocenters. The number of likely N-dealkylation sites (N-methyl/N-ethyl adjacent to an activating group) is 1. The Morgan fingerprint density at radius 2 is 2.29 bits per heavy atom. The number of hydrogen-bond acceptors (Lipinski definition) is 4. The van der Waals surface area contributed by atoms with Crippen LogP contribution in [0.5, 0.6) is 0 Å². The van der Waals surface area contributed by atoms with Crippen LogP contribution in [0.1, 0.15) is 10.4 Å². The van der Waals surface area contributed by atoms with E-state index in [2.05, 4.69) is 15.7 Å². The van der Waals surface area contributed by atoms with E-state index >= 15 is 0 Å². The molecule has 2 aromatic rings. The van der Waals surface area contributed by atoms with Gasteiger partial charge in [0.25, 0.3) is 5.91 Å². The number of carbonyl (C=O) groups excluding carboxylic acids is 2. The minimum Gasteiger partial charge on any atom is -0.357 e. The molecule has 1 aliphatic heterocycles. The van der Waals surface area contributed by atoms with Gasteiger partial charge in [0.05, 0.1) is 17.3 Å². The highest BCUT2D eigenvalue weighted by Gasteiger charge is 2.33. The Morgan fingerprint density at radius 1 is 1.43 bits per heavy atom. The summed E-state index contributed by atoms with van der Waals surface area (Å²) in [6.45, 7) is 1.64. The fourth-order valence-corrected chi connectivity index (χ4v) is 2.60. The third-order valence-electron chi connectivity index (χ3n) is 3.71. The van der Waals surface area contributed by atoms with Crippen molar-refractivity contribution in [3.8, 4) is 0 Å². The lowest BCUT2D eigenvalue weighted by Crippen LogP contribution is -2.59. The normalized spacial score (nSPS) is 18.7. The summed E-state index contributed by atoms with van der Waals surface area (Å²) < 4.78 is 1.66. The Kier molecular flexibility index (Phi) is 3.57. The summed E-state index contributed by atoms with van der Waals surface area (Å²) in [6.07, 6.45) is 3.35. The van der Waals surface area contributed by atoms with Crippen molar-refractivity contribution in [2.45, 2.75) is 6.04 Å². The van der Waals surface area contributed by atoms with Crippen molar-refractivity contribution >= 4 is 17.3 Å². The molecule has 2 aromatic heterocycles. The molecule has 0 bridgehead atoms. The van der Waals surface area contributed by atoms with Gasteiger partial charge in [0.15, 0.2) is 0 Å². The zero-order valence-electron chi connectivity index (χ0n) is 11.7. The highest BCUT2D eigenvalue weighted by atomic mass is 16.2. The van der Waals surface area contributed by atoms with Crippen molar-refractivity contribution in [1.82, 2.24) is 25.1 Å². The number of nitrogens with zero attached hydrogens (tertiary/aromatic N) is 3. The van der Waals surface area contributed by atoms with E-state index in [9.17, 15) is 9.59 Å². The lowest BCUT2D eigenvalue weighted by Gasteiger charge is -2.34. The van der Waals surface area contributed by atoms with Crippen LogP contribution in [0.3, 0.4) is 0 Å². The van der Waals surface area contributed by atoms with E-state index in [1.807, 2.05) is 18.2 Å². The predicted octanol–water partition coefficient (Wildman–Crippen LogP) is -0.506. The predicted molar refractivity (Wildman–Crippen MR) is 77.0 cm³/mol. The zero-order valence-corrected chi connectivity index (χ0v) is 11.7. The van der Waals surface area contributed by atoms with E-state index in [1.165, 1.54) is 0 Å². The molecule has 21 heavy (non-hydrogen) atoms. The maximum atomic E-state index is 12.8. The Bertz CT molecular complexity index is 681. The SMILES string of the molecule is CNC(=O)C1CNCCN1C(=O)c1cnn2ccccc12. The summed E-state index contributed by atoms with van der Waals surface area (Å²) in [5.74, 6) is -0.321. The largest absolute Gasteiger partial charge is 0.357 e. The summed E-state index contributed by atoms with van der Waals surface area (Å²) in [6, 6.07) is 5.07. The molecule has 0 aliphatic carbocycles. The fourth-order valence-electron chi connectivity index (χ4n) is 2.60. The molecule has 2 amide bonds. The first-order chi connectivity index (χ1) is 10.2. The van der Waals surface area contributed by atoms with Gasteiger partial charge in [-0.2, -0.15) is 5.10 Å². The summed E-state index contributed by atoms with van der Waals surface area (Å²) in [4.78, 5) is 26.3. The summed E-state index contributed by atoms with van der Waals surface area (Å²) in [5, 5.41) is 9.93. The third kappa shape index (κ3) is 2.36. The molecule has 0 radical (unpaired) electrons. The van der Waals surface area contributed by atoms with Crippen molar-refractivity contribution in [3.05, 3.63) is 36.2 Å². The van der Waals surface area contributed by atoms with Crippen LogP contribution < -0.4 is 10.6 Å². The van der Waals surface area contributed by atoms with E-state index < -0.39 is 6.04 Å². The van der Waals surface area contributed by atoms with Crippen molar-refractivity contribution in [2.24, 2.45) is 0 Å². The smallest absolute Gasteiger partial charge is 0.258 e. The zero-order chi connectivity index (χ0) is 14.8. The van der Waals surface area contributed by atoms with Crippen molar-refractivity contribution < 1.29 is 9.59 Å². The second kappa shape index (κ2) is 5.53.